The highest BCUT2D eigenvalue weighted by atomic mass is 16.5. The molecule has 1 aliphatic heterocycles. The molecule has 2 unspecified atom stereocenters. The van der Waals surface area contributed by atoms with Gasteiger partial charge in [0, 0.05) is 19.1 Å². The second-order valence-corrected chi connectivity index (χ2v) is 4.71. The smallest absolute Gasteiger partial charge is 0.0631 e. The van der Waals surface area contributed by atoms with Crippen molar-refractivity contribution in [3.05, 3.63) is 0 Å². The van der Waals surface area contributed by atoms with E-state index < -0.39 is 0 Å². The van der Waals surface area contributed by atoms with E-state index in [9.17, 15) is 5.11 Å². The topological polar surface area (TPSA) is 29.5 Å². The summed E-state index contributed by atoms with van der Waals surface area (Å²) in [5.74, 6) is 0.292. The van der Waals surface area contributed by atoms with Crippen LogP contribution in [0.5, 0.6) is 0 Å². The lowest BCUT2D eigenvalue weighted by Gasteiger charge is -2.33. The van der Waals surface area contributed by atoms with Gasteiger partial charge < -0.3 is 9.84 Å². The maximum absolute atomic E-state index is 9.24. The Morgan fingerprint density at radius 3 is 2.50 bits per heavy atom. The molecule has 0 bridgehead atoms. The van der Waals surface area contributed by atoms with Crippen molar-refractivity contribution >= 4 is 0 Å². The fraction of sp³-hybridized carbons (Fsp3) is 1.00. The van der Waals surface area contributed by atoms with Crippen LogP contribution < -0.4 is 0 Å². The SMILES string of the molecule is CC(C)(C)C(CO)C1CCCO1. The number of hydrogen-bond acceptors (Lipinski definition) is 2. The highest BCUT2D eigenvalue weighted by molar-refractivity contribution is 4.82. The minimum Gasteiger partial charge on any atom is -0.396 e. The van der Waals surface area contributed by atoms with Crippen LogP contribution in [0.3, 0.4) is 0 Å². The monoisotopic (exact) mass is 172 g/mol. The third-order valence-corrected chi connectivity index (χ3v) is 2.72. The van der Waals surface area contributed by atoms with Crippen molar-refractivity contribution in [1.82, 2.24) is 0 Å². The zero-order chi connectivity index (χ0) is 9.19. The van der Waals surface area contributed by atoms with Gasteiger partial charge in [0.2, 0.25) is 0 Å². The van der Waals surface area contributed by atoms with Crippen molar-refractivity contribution in [2.75, 3.05) is 13.2 Å². The molecule has 0 spiro atoms. The molecule has 1 saturated heterocycles. The normalized spacial score (nSPS) is 27.5. The first kappa shape index (κ1) is 10.0. The van der Waals surface area contributed by atoms with Crippen molar-refractivity contribution < 1.29 is 9.84 Å². The Morgan fingerprint density at radius 1 is 1.50 bits per heavy atom. The lowest BCUT2D eigenvalue weighted by molar-refractivity contribution is -0.0125. The van der Waals surface area contributed by atoms with E-state index in [-0.39, 0.29) is 18.1 Å². The van der Waals surface area contributed by atoms with Gasteiger partial charge in [0.05, 0.1) is 6.10 Å². The average Bonchev–Trinajstić information content (AvgIpc) is 2.38. The quantitative estimate of drug-likeness (QED) is 0.688. The summed E-state index contributed by atoms with van der Waals surface area (Å²) in [6.45, 7) is 7.60. The number of hydrogen-bond donors (Lipinski definition) is 1. The van der Waals surface area contributed by atoms with Crippen LogP contribution in [0.15, 0.2) is 0 Å². The molecule has 1 rings (SSSR count). The number of rotatable bonds is 2. The van der Waals surface area contributed by atoms with E-state index in [1.165, 1.54) is 0 Å². The van der Waals surface area contributed by atoms with E-state index in [1.807, 2.05) is 0 Å². The van der Waals surface area contributed by atoms with E-state index in [1.54, 1.807) is 0 Å². The molecule has 0 aromatic heterocycles. The van der Waals surface area contributed by atoms with Crippen molar-refractivity contribution in [3.8, 4) is 0 Å². The second kappa shape index (κ2) is 3.75. The minimum atomic E-state index is 0.157. The van der Waals surface area contributed by atoms with Gasteiger partial charge in [-0.3, -0.25) is 0 Å². The molecule has 1 N–H and O–H groups in total. The molecule has 2 atom stereocenters. The molecular weight excluding hydrogens is 152 g/mol. The third kappa shape index (κ3) is 2.20. The summed E-state index contributed by atoms with van der Waals surface area (Å²) in [7, 11) is 0. The Labute approximate surface area is 74.9 Å². The van der Waals surface area contributed by atoms with E-state index in [2.05, 4.69) is 20.8 Å². The summed E-state index contributed by atoms with van der Waals surface area (Å²) >= 11 is 0. The van der Waals surface area contributed by atoms with Crippen LogP contribution in [0.2, 0.25) is 0 Å². The van der Waals surface area contributed by atoms with Crippen molar-refractivity contribution in [1.29, 1.82) is 0 Å². The van der Waals surface area contributed by atoms with Crippen molar-refractivity contribution in [3.63, 3.8) is 0 Å². The van der Waals surface area contributed by atoms with Crippen LogP contribution >= 0.6 is 0 Å². The van der Waals surface area contributed by atoms with Gasteiger partial charge in [-0.15, -0.1) is 0 Å². The lowest BCUT2D eigenvalue weighted by Crippen LogP contribution is -2.34. The van der Waals surface area contributed by atoms with Gasteiger partial charge in [-0.05, 0) is 18.3 Å². The predicted octanol–water partition coefficient (Wildman–Crippen LogP) is 1.82. The van der Waals surface area contributed by atoms with Crippen LogP contribution in [0.1, 0.15) is 33.6 Å². The maximum atomic E-state index is 9.24. The molecule has 1 heterocycles. The molecule has 0 saturated carbocycles. The minimum absolute atomic E-state index is 0.157. The van der Waals surface area contributed by atoms with E-state index >= 15 is 0 Å². The molecule has 0 aromatic carbocycles. The third-order valence-electron chi connectivity index (χ3n) is 2.72. The van der Waals surface area contributed by atoms with Gasteiger partial charge in [-0.2, -0.15) is 0 Å². The standard InChI is InChI=1S/C10H20O2/c1-10(2,3)8(7-11)9-5-4-6-12-9/h8-9,11H,4-7H2,1-3H3. The van der Waals surface area contributed by atoms with Gasteiger partial charge in [-0.25, -0.2) is 0 Å². The Kier molecular flexibility index (Phi) is 3.13. The molecule has 12 heavy (non-hydrogen) atoms. The second-order valence-electron chi connectivity index (χ2n) is 4.71. The fourth-order valence-corrected chi connectivity index (χ4v) is 1.87. The maximum Gasteiger partial charge on any atom is 0.0631 e. The Morgan fingerprint density at radius 2 is 2.17 bits per heavy atom. The van der Waals surface area contributed by atoms with Gasteiger partial charge >= 0.3 is 0 Å². The zero-order valence-corrected chi connectivity index (χ0v) is 8.34. The highest BCUT2D eigenvalue weighted by Crippen LogP contribution is 2.33. The summed E-state index contributed by atoms with van der Waals surface area (Å²) in [6.07, 6.45) is 2.55. The Hall–Kier alpha value is -0.0800. The van der Waals surface area contributed by atoms with E-state index in [0.29, 0.717) is 5.92 Å². The van der Waals surface area contributed by atoms with E-state index in [4.69, 9.17) is 4.74 Å². The first-order chi connectivity index (χ1) is 5.55. The molecule has 72 valence electrons. The summed E-state index contributed by atoms with van der Waals surface area (Å²) in [5.41, 5.74) is 0.157. The molecule has 0 aliphatic carbocycles. The molecule has 0 amide bonds. The van der Waals surface area contributed by atoms with Crippen LogP contribution in [-0.4, -0.2) is 24.4 Å². The fourth-order valence-electron chi connectivity index (χ4n) is 1.87. The summed E-state index contributed by atoms with van der Waals surface area (Å²) in [6, 6.07) is 0. The largest absolute Gasteiger partial charge is 0.396 e. The number of aliphatic hydroxyl groups excluding tert-OH is 1. The van der Waals surface area contributed by atoms with Crippen molar-refractivity contribution in [2.24, 2.45) is 11.3 Å². The molecule has 2 nitrogen and oxygen atoms in total. The molecule has 2 heteroatoms. The lowest BCUT2D eigenvalue weighted by atomic mass is 9.77. The molecular formula is C10H20O2. The first-order valence-corrected chi connectivity index (χ1v) is 4.78. The van der Waals surface area contributed by atoms with Gasteiger partial charge in [0.15, 0.2) is 0 Å². The predicted molar refractivity (Wildman–Crippen MR) is 49.0 cm³/mol. The Balaban J connectivity index is 2.54. The molecule has 0 aromatic rings. The zero-order valence-electron chi connectivity index (χ0n) is 8.34. The van der Waals surface area contributed by atoms with Gasteiger partial charge in [0.1, 0.15) is 0 Å². The number of aliphatic hydroxyl groups is 1. The highest BCUT2D eigenvalue weighted by Gasteiger charge is 2.34. The average molecular weight is 172 g/mol. The first-order valence-electron chi connectivity index (χ1n) is 4.78. The van der Waals surface area contributed by atoms with Crippen LogP contribution in [0, 0.1) is 11.3 Å². The summed E-state index contributed by atoms with van der Waals surface area (Å²) in [4.78, 5) is 0. The van der Waals surface area contributed by atoms with Crippen LogP contribution in [-0.2, 0) is 4.74 Å². The summed E-state index contributed by atoms with van der Waals surface area (Å²) < 4.78 is 5.57. The Bertz CT molecular complexity index is 131. The van der Waals surface area contributed by atoms with Crippen LogP contribution in [0.25, 0.3) is 0 Å². The molecule has 1 fully saturated rings. The van der Waals surface area contributed by atoms with Gasteiger partial charge in [-0.1, -0.05) is 20.8 Å². The van der Waals surface area contributed by atoms with E-state index in [0.717, 1.165) is 19.4 Å². The molecule has 1 aliphatic rings. The summed E-state index contributed by atoms with van der Waals surface area (Å²) in [5, 5.41) is 9.24. The molecule has 0 radical (unpaired) electrons. The van der Waals surface area contributed by atoms with Gasteiger partial charge in [0.25, 0.3) is 0 Å². The van der Waals surface area contributed by atoms with Crippen molar-refractivity contribution in [2.45, 2.75) is 39.7 Å². The van der Waals surface area contributed by atoms with Crippen LogP contribution in [0.4, 0.5) is 0 Å². The number of ether oxygens (including phenoxy) is 1.